The van der Waals surface area contributed by atoms with E-state index in [4.69, 9.17) is 17.0 Å². The van der Waals surface area contributed by atoms with Gasteiger partial charge in [-0.1, -0.05) is 0 Å². The van der Waals surface area contributed by atoms with E-state index in [1.165, 1.54) is 18.5 Å². The zero-order valence-corrected chi connectivity index (χ0v) is 15.7. The van der Waals surface area contributed by atoms with Crippen LogP contribution in [0.5, 0.6) is 5.75 Å². The number of methoxy groups -OCH3 is 1. The maximum atomic E-state index is 5.64. The second-order valence-corrected chi connectivity index (χ2v) is 7.24. The minimum Gasteiger partial charge on any atom is -0.497 e. The van der Waals surface area contributed by atoms with Crippen molar-refractivity contribution in [3.8, 4) is 5.75 Å². The van der Waals surface area contributed by atoms with Gasteiger partial charge < -0.3 is 14.2 Å². The zero-order valence-electron chi connectivity index (χ0n) is 14.9. The molecular formula is C18H25N5OS. The fourth-order valence-corrected chi connectivity index (χ4v) is 3.88. The molecule has 0 amide bonds. The number of benzene rings is 1. The van der Waals surface area contributed by atoms with Gasteiger partial charge in [-0.3, -0.25) is 4.90 Å². The first-order chi connectivity index (χ1) is 12.2. The van der Waals surface area contributed by atoms with Gasteiger partial charge in [0.05, 0.1) is 13.8 Å². The first-order valence-electron chi connectivity index (χ1n) is 8.93. The maximum absolute atomic E-state index is 5.64. The van der Waals surface area contributed by atoms with Gasteiger partial charge in [0.15, 0.2) is 4.77 Å². The van der Waals surface area contributed by atoms with Crippen molar-refractivity contribution in [1.82, 2.24) is 19.2 Å². The van der Waals surface area contributed by atoms with Crippen LogP contribution in [-0.2, 0) is 6.67 Å². The van der Waals surface area contributed by atoms with E-state index in [1.807, 2.05) is 16.8 Å². The Kier molecular flexibility index (Phi) is 4.52. The molecule has 2 fully saturated rings. The molecule has 0 bridgehead atoms. The fraction of sp³-hybridized carbons (Fsp3) is 0.556. The van der Waals surface area contributed by atoms with Crippen LogP contribution in [0.4, 0.5) is 5.69 Å². The van der Waals surface area contributed by atoms with E-state index >= 15 is 0 Å². The summed E-state index contributed by atoms with van der Waals surface area (Å²) >= 11 is 5.64. The topological polar surface area (TPSA) is 38.5 Å². The van der Waals surface area contributed by atoms with Gasteiger partial charge in [0.2, 0.25) is 0 Å². The summed E-state index contributed by atoms with van der Waals surface area (Å²) in [7, 11) is 1.70. The number of hydrogen-bond acceptors (Lipinski definition) is 5. The summed E-state index contributed by atoms with van der Waals surface area (Å²) in [5.74, 6) is 1.95. The molecule has 1 aromatic carbocycles. The van der Waals surface area contributed by atoms with Crippen LogP contribution in [0.2, 0.25) is 0 Å². The summed E-state index contributed by atoms with van der Waals surface area (Å²) in [6, 6.07) is 8.90. The minimum absolute atomic E-state index is 0.591. The van der Waals surface area contributed by atoms with Gasteiger partial charge in [-0.2, -0.15) is 5.10 Å². The second kappa shape index (κ2) is 6.80. The largest absolute Gasteiger partial charge is 0.497 e. The first-order valence-corrected chi connectivity index (χ1v) is 9.34. The second-order valence-electron chi connectivity index (χ2n) is 6.88. The van der Waals surface area contributed by atoms with Crippen molar-refractivity contribution in [2.75, 3.05) is 38.2 Å². The van der Waals surface area contributed by atoms with Gasteiger partial charge >= 0.3 is 0 Å². The van der Waals surface area contributed by atoms with Gasteiger partial charge in [0.25, 0.3) is 0 Å². The van der Waals surface area contributed by atoms with Gasteiger partial charge in [-0.15, -0.1) is 0 Å². The maximum Gasteiger partial charge on any atom is 0.199 e. The van der Waals surface area contributed by atoms with Crippen molar-refractivity contribution in [1.29, 1.82) is 0 Å². The molecule has 2 aromatic rings. The number of nitrogens with zero attached hydrogens (tertiary/aromatic N) is 5. The molecule has 0 spiro atoms. The van der Waals surface area contributed by atoms with Gasteiger partial charge in [0, 0.05) is 37.9 Å². The third-order valence-corrected chi connectivity index (χ3v) is 5.50. The number of piperazine rings is 1. The predicted molar refractivity (Wildman–Crippen MR) is 101 cm³/mol. The molecule has 0 unspecified atom stereocenters. The molecule has 4 rings (SSSR count). The smallest absolute Gasteiger partial charge is 0.199 e. The lowest BCUT2D eigenvalue weighted by Gasteiger charge is -2.35. The van der Waals surface area contributed by atoms with Crippen LogP contribution in [0, 0.1) is 11.7 Å². The van der Waals surface area contributed by atoms with Crippen molar-refractivity contribution in [3.05, 3.63) is 34.9 Å². The molecule has 1 aliphatic carbocycles. The Morgan fingerprint density at radius 3 is 2.40 bits per heavy atom. The highest BCUT2D eigenvalue weighted by atomic mass is 32.1. The van der Waals surface area contributed by atoms with Gasteiger partial charge in [0.1, 0.15) is 11.6 Å². The molecule has 0 N–H and O–H groups in total. The summed E-state index contributed by atoms with van der Waals surface area (Å²) in [6.07, 6.45) is 2.47. The molecule has 6 nitrogen and oxygen atoms in total. The molecule has 134 valence electrons. The fourth-order valence-electron chi connectivity index (χ4n) is 3.50. The van der Waals surface area contributed by atoms with Crippen LogP contribution in [0.1, 0.15) is 24.7 Å². The van der Waals surface area contributed by atoms with E-state index < -0.39 is 0 Å². The van der Waals surface area contributed by atoms with Crippen molar-refractivity contribution >= 4 is 17.9 Å². The molecular weight excluding hydrogens is 334 g/mol. The average molecular weight is 359 g/mol. The molecule has 25 heavy (non-hydrogen) atoms. The van der Waals surface area contributed by atoms with Crippen molar-refractivity contribution in [2.24, 2.45) is 0 Å². The Hall–Kier alpha value is -1.86. The lowest BCUT2D eigenvalue weighted by atomic mass is 10.2. The van der Waals surface area contributed by atoms with Crippen molar-refractivity contribution < 1.29 is 4.74 Å². The highest BCUT2D eigenvalue weighted by Crippen LogP contribution is 2.36. The van der Waals surface area contributed by atoms with E-state index in [2.05, 4.69) is 38.5 Å². The summed E-state index contributed by atoms with van der Waals surface area (Å²) in [5, 5.41) is 4.67. The predicted octanol–water partition coefficient (Wildman–Crippen LogP) is 2.85. The average Bonchev–Trinajstić information content (AvgIpc) is 3.43. The Morgan fingerprint density at radius 1 is 1.12 bits per heavy atom. The zero-order chi connectivity index (χ0) is 17.4. The summed E-state index contributed by atoms with van der Waals surface area (Å²) in [5.41, 5.74) is 1.26. The highest BCUT2D eigenvalue weighted by molar-refractivity contribution is 7.71. The summed E-state index contributed by atoms with van der Waals surface area (Å²) in [6.45, 7) is 6.91. The van der Waals surface area contributed by atoms with E-state index in [0.29, 0.717) is 6.04 Å². The minimum atomic E-state index is 0.591. The van der Waals surface area contributed by atoms with Crippen LogP contribution in [0.3, 0.4) is 0 Å². The molecule has 0 atom stereocenters. The van der Waals surface area contributed by atoms with E-state index in [0.717, 1.165) is 49.2 Å². The van der Waals surface area contributed by atoms with E-state index in [1.54, 1.807) is 7.11 Å². The number of anilines is 1. The number of ether oxygens (including phenoxy) is 1. The standard InChI is InChI=1S/C18H25N5OS/c1-14-19-22(18(25)23(14)16-3-4-16)13-20-9-11-21(12-10-20)15-5-7-17(24-2)8-6-15/h5-8,16H,3-4,9-13H2,1-2H3. The molecule has 1 aromatic heterocycles. The number of aryl methyl sites for hydroxylation is 1. The molecule has 7 heteroatoms. The first kappa shape index (κ1) is 16.6. The molecule has 1 saturated carbocycles. The van der Waals surface area contributed by atoms with Crippen LogP contribution < -0.4 is 9.64 Å². The Labute approximate surface area is 153 Å². The normalized spacial score (nSPS) is 18.6. The van der Waals surface area contributed by atoms with Gasteiger partial charge in [-0.25, -0.2) is 4.68 Å². The van der Waals surface area contributed by atoms with Crippen LogP contribution >= 0.6 is 12.2 Å². The summed E-state index contributed by atoms with van der Waals surface area (Å²) in [4.78, 5) is 4.85. The van der Waals surface area contributed by atoms with Gasteiger partial charge in [-0.05, 0) is 56.2 Å². The SMILES string of the molecule is COc1ccc(N2CCN(Cn3nc(C)n(C4CC4)c3=S)CC2)cc1. The molecule has 1 aliphatic heterocycles. The monoisotopic (exact) mass is 359 g/mol. The van der Waals surface area contributed by atoms with Crippen molar-refractivity contribution in [3.63, 3.8) is 0 Å². The highest BCUT2D eigenvalue weighted by Gasteiger charge is 2.27. The van der Waals surface area contributed by atoms with E-state index in [9.17, 15) is 0 Å². The Balaban J connectivity index is 1.37. The summed E-state index contributed by atoms with van der Waals surface area (Å²) < 4.78 is 10.3. The third kappa shape index (κ3) is 3.43. The number of aromatic nitrogens is 3. The lowest BCUT2D eigenvalue weighted by Crippen LogP contribution is -2.47. The number of hydrogen-bond donors (Lipinski definition) is 0. The lowest BCUT2D eigenvalue weighted by molar-refractivity contribution is 0.194. The van der Waals surface area contributed by atoms with Crippen molar-refractivity contribution in [2.45, 2.75) is 32.5 Å². The van der Waals surface area contributed by atoms with Crippen LogP contribution in [-0.4, -0.2) is 52.5 Å². The molecule has 0 radical (unpaired) electrons. The van der Waals surface area contributed by atoms with E-state index in [-0.39, 0.29) is 0 Å². The van der Waals surface area contributed by atoms with Crippen LogP contribution in [0.25, 0.3) is 0 Å². The third-order valence-electron chi connectivity index (χ3n) is 5.10. The molecule has 2 heterocycles. The molecule has 2 aliphatic rings. The quantitative estimate of drug-likeness (QED) is 0.768. The van der Waals surface area contributed by atoms with Crippen LogP contribution in [0.15, 0.2) is 24.3 Å². The Morgan fingerprint density at radius 2 is 1.80 bits per heavy atom. The molecule has 1 saturated heterocycles. The Bertz CT molecular complexity index is 785. The number of rotatable bonds is 5.